The number of hydrogen-bond donors (Lipinski definition) is 2. The van der Waals surface area contributed by atoms with E-state index in [2.05, 4.69) is 10.3 Å². The van der Waals surface area contributed by atoms with Crippen LogP contribution in [0.1, 0.15) is 5.56 Å². The zero-order valence-electron chi connectivity index (χ0n) is 9.88. The zero-order valence-corrected chi connectivity index (χ0v) is 10.6. The summed E-state index contributed by atoms with van der Waals surface area (Å²) in [6, 6.07) is 13.5. The minimum absolute atomic E-state index is 0.431. The number of halogens is 1. The Balaban J connectivity index is 1.83. The van der Waals surface area contributed by atoms with Crippen LogP contribution in [0.3, 0.4) is 0 Å². The molecule has 1 aromatic heterocycles. The first-order valence-electron chi connectivity index (χ1n) is 5.81. The average molecular weight is 263 g/mol. The minimum Gasteiger partial charge on any atom is -0.391 e. The molecule has 0 radical (unpaired) electrons. The molecule has 0 aliphatic rings. The summed E-state index contributed by atoms with van der Waals surface area (Å²) in [7, 11) is 0. The monoisotopic (exact) mass is 262 g/mol. The van der Waals surface area contributed by atoms with E-state index in [1.165, 1.54) is 0 Å². The molecule has 2 rings (SSSR count). The lowest BCUT2D eigenvalue weighted by molar-refractivity contribution is 0.188. The number of anilines is 1. The molecule has 94 valence electrons. The molecule has 18 heavy (non-hydrogen) atoms. The zero-order chi connectivity index (χ0) is 12.8. The van der Waals surface area contributed by atoms with Gasteiger partial charge in [-0.3, -0.25) is 0 Å². The highest BCUT2D eigenvalue weighted by Gasteiger charge is 2.05. The standard InChI is InChI=1S/C14H15ClN2O/c15-14-9-12(6-7-16-14)17-10-13(18)8-11-4-2-1-3-5-11/h1-7,9,13,18H,8,10H2,(H,16,17). The van der Waals surface area contributed by atoms with Gasteiger partial charge in [-0.1, -0.05) is 41.9 Å². The van der Waals surface area contributed by atoms with Gasteiger partial charge in [0.2, 0.25) is 0 Å². The molecule has 2 aromatic rings. The fraction of sp³-hybridized carbons (Fsp3) is 0.214. The molecule has 0 fully saturated rings. The van der Waals surface area contributed by atoms with E-state index in [4.69, 9.17) is 11.6 Å². The summed E-state index contributed by atoms with van der Waals surface area (Å²) in [4.78, 5) is 3.90. The predicted molar refractivity (Wildman–Crippen MR) is 73.9 cm³/mol. The number of nitrogens with one attached hydrogen (secondary N) is 1. The van der Waals surface area contributed by atoms with Crippen LogP contribution in [0, 0.1) is 0 Å². The Bertz CT molecular complexity index is 490. The van der Waals surface area contributed by atoms with Crippen LogP contribution in [0.4, 0.5) is 5.69 Å². The number of hydrogen-bond acceptors (Lipinski definition) is 3. The van der Waals surface area contributed by atoms with Gasteiger partial charge in [-0.2, -0.15) is 0 Å². The predicted octanol–water partition coefficient (Wildman–Crippen LogP) is 2.75. The van der Waals surface area contributed by atoms with Gasteiger partial charge in [0, 0.05) is 24.8 Å². The van der Waals surface area contributed by atoms with E-state index in [1.807, 2.05) is 36.4 Å². The fourth-order valence-electron chi connectivity index (χ4n) is 1.71. The van der Waals surface area contributed by atoms with Gasteiger partial charge in [0.05, 0.1) is 6.10 Å². The van der Waals surface area contributed by atoms with Crippen molar-refractivity contribution in [3.63, 3.8) is 0 Å². The Morgan fingerprint density at radius 2 is 2.00 bits per heavy atom. The number of aliphatic hydroxyl groups is 1. The second-order valence-corrected chi connectivity index (χ2v) is 4.48. The van der Waals surface area contributed by atoms with Gasteiger partial charge in [-0.25, -0.2) is 4.98 Å². The number of nitrogens with zero attached hydrogens (tertiary/aromatic N) is 1. The molecule has 0 spiro atoms. The Kier molecular flexibility index (Phi) is 4.56. The van der Waals surface area contributed by atoms with Crippen molar-refractivity contribution in [2.75, 3.05) is 11.9 Å². The van der Waals surface area contributed by atoms with Gasteiger partial charge >= 0.3 is 0 Å². The maximum absolute atomic E-state index is 9.92. The first-order valence-corrected chi connectivity index (χ1v) is 6.19. The summed E-state index contributed by atoms with van der Waals surface area (Å²) in [6.07, 6.45) is 1.83. The summed E-state index contributed by atoms with van der Waals surface area (Å²) in [5.74, 6) is 0. The Morgan fingerprint density at radius 1 is 1.22 bits per heavy atom. The molecule has 0 aliphatic heterocycles. The van der Waals surface area contributed by atoms with Crippen LogP contribution < -0.4 is 5.32 Å². The lowest BCUT2D eigenvalue weighted by Gasteiger charge is -2.12. The van der Waals surface area contributed by atoms with Crippen LogP contribution in [-0.2, 0) is 6.42 Å². The fourth-order valence-corrected chi connectivity index (χ4v) is 1.88. The number of pyridine rings is 1. The molecule has 1 heterocycles. The van der Waals surface area contributed by atoms with Crippen molar-refractivity contribution in [1.29, 1.82) is 0 Å². The number of benzene rings is 1. The molecule has 3 nitrogen and oxygen atoms in total. The van der Waals surface area contributed by atoms with Crippen molar-refractivity contribution < 1.29 is 5.11 Å². The summed E-state index contributed by atoms with van der Waals surface area (Å²) in [5, 5.41) is 13.5. The lowest BCUT2D eigenvalue weighted by Crippen LogP contribution is -2.21. The topological polar surface area (TPSA) is 45.1 Å². The Labute approximate surface area is 111 Å². The van der Waals surface area contributed by atoms with E-state index in [0.717, 1.165) is 11.3 Å². The van der Waals surface area contributed by atoms with Gasteiger partial charge in [-0.05, 0) is 17.7 Å². The third-order valence-electron chi connectivity index (χ3n) is 2.58. The van der Waals surface area contributed by atoms with Gasteiger partial charge < -0.3 is 10.4 Å². The molecular formula is C14H15ClN2O. The van der Waals surface area contributed by atoms with Crippen LogP contribution in [0.15, 0.2) is 48.7 Å². The third-order valence-corrected chi connectivity index (χ3v) is 2.79. The second kappa shape index (κ2) is 6.38. The second-order valence-electron chi connectivity index (χ2n) is 4.09. The van der Waals surface area contributed by atoms with Crippen molar-refractivity contribution in [2.45, 2.75) is 12.5 Å². The van der Waals surface area contributed by atoms with Crippen LogP contribution in [0.25, 0.3) is 0 Å². The highest BCUT2D eigenvalue weighted by molar-refractivity contribution is 6.29. The number of aliphatic hydroxyl groups excluding tert-OH is 1. The number of rotatable bonds is 5. The molecule has 1 unspecified atom stereocenters. The summed E-state index contributed by atoms with van der Waals surface area (Å²) < 4.78 is 0. The third kappa shape index (κ3) is 4.02. The maximum atomic E-state index is 9.92. The van der Waals surface area contributed by atoms with Crippen molar-refractivity contribution in [3.05, 3.63) is 59.4 Å². The van der Waals surface area contributed by atoms with E-state index in [-0.39, 0.29) is 0 Å². The van der Waals surface area contributed by atoms with Gasteiger partial charge in [0.15, 0.2) is 0 Å². The Hall–Kier alpha value is -1.58. The largest absolute Gasteiger partial charge is 0.391 e. The van der Waals surface area contributed by atoms with Crippen LogP contribution >= 0.6 is 11.6 Å². The average Bonchev–Trinajstić information content (AvgIpc) is 2.38. The van der Waals surface area contributed by atoms with Gasteiger partial charge in [0.1, 0.15) is 5.15 Å². The van der Waals surface area contributed by atoms with Crippen molar-refractivity contribution in [3.8, 4) is 0 Å². The van der Waals surface area contributed by atoms with Crippen molar-refractivity contribution >= 4 is 17.3 Å². The van der Waals surface area contributed by atoms with E-state index < -0.39 is 6.10 Å². The van der Waals surface area contributed by atoms with Crippen LogP contribution in [-0.4, -0.2) is 22.7 Å². The Morgan fingerprint density at radius 3 is 2.72 bits per heavy atom. The number of aromatic nitrogens is 1. The quantitative estimate of drug-likeness (QED) is 0.815. The summed E-state index contributed by atoms with van der Waals surface area (Å²) >= 11 is 5.78. The molecule has 0 saturated heterocycles. The molecule has 0 aliphatic carbocycles. The van der Waals surface area contributed by atoms with E-state index in [1.54, 1.807) is 12.3 Å². The molecule has 4 heteroatoms. The van der Waals surface area contributed by atoms with E-state index in [0.29, 0.717) is 18.1 Å². The molecule has 1 aromatic carbocycles. The first-order chi connectivity index (χ1) is 8.74. The maximum Gasteiger partial charge on any atom is 0.131 e. The van der Waals surface area contributed by atoms with Crippen LogP contribution in [0.5, 0.6) is 0 Å². The lowest BCUT2D eigenvalue weighted by atomic mass is 10.1. The molecule has 2 N–H and O–H groups in total. The molecule has 0 amide bonds. The van der Waals surface area contributed by atoms with E-state index in [9.17, 15) is 5.11 Å². The molecule has 1 atom stereocenters. The van der Waals surface area contributed by atoms with E-state index >= 15 is 0 Å². The summed E-state index contributed by atoms with van der Waals surface area (Å²) in [6.45, 7) is 0.481. The normalized spacial score (nSPS) is 12.1. The smallest absolute Gasteiger partial charge is 0.131 e. The van der Waals surface area contributed by atoms with Crippen molar-refractivity contribution in [1.82, 2.24) is 4.98 Å². The molecule has 0 bridgehead atoms. The highest BCUT2D eigenvalue weighted by atomic mass is 35.5. The first kappa shape index (κ1) is 12.9. The molecule has 0 saturated carbocycles. The SMILES string of the molecule is OC(CNc1ccnc(Cl)c1)Cc1ccccc1. The highest BCUT2D eigenvalue weighted by Crippen LogP contribution is 2.12. The van der Waals surface area contributed by atoms with Gasteiger partial charge in [0.25, 0.3) is 0 Å². The molecular weight excluding hydrogens is 248 g/mol. The van der Waals surface area contributed by atoms with Crippen LogP contribution in [0.2, 0.25) is 5.15 Å². The van der Waals surface area contributed by atoms with Gasteiger partial charge in [-0.15, -0.1) is 0 Å². The minimum atomic E-state index is -0.431. The van der Waals surface area contributed by atoms with Crippen molar-refractivity contribution in [2.24, 2.45) is 0 Å². The summed E-state index contributed by atoms with van der Waals surface area (Å²) in [5.41, 5.74) is 1.99.